The van der Waals surface area contributed by atoms with E-state index in [0.29, 0.717) is 17.6 Å². The smallest absolute Gasteiger partial charge is 0.238 e. The summed E-state index contributed by atoms with van der Waals surface area (Å²) >= 11 is 0. The second-order valence-electron chi connectivity index (χ2n) is 19.2. The van der Waals surface area contributed by atoms with Gasteiger partial charge in [-0.25, -0.2) is 4.98 Å². The molecule has 2 aromatic heterocycles. The van der Waals surface area contributed by atoms with Crippen LogP contribution >= 0.6 is 0 Å². The van der Waals surface area contributed by atoms with Gasteiger partial charge in [0.15, 0.2) is 11.6 Å². The molecule has 0 N–H and O–H groups in total. The molecule has 0 saturated carbocycles. The third-order valence-corrected chi connectivity index (χ3v) is 15.0. The standard InChI is InChI=1S/C67H48N6/c1-45-23-22-37-56-61(45)67(58-38-21-20-36-54(58)55-41-39-53(44-59(55)67)72(50-32-16-6-17-33-50)51-34-18-7-19-35-51)62-57-43-52(71(48-28-12-4-13-29-48)49-30-14-5-15-31-49)40-42-60(57)73(63(56)62)66-69-64(46-24-8-2-9-25-46)68-65(70-66)47-26-10-3-11-27-47/h2-22,24-45H,23H2,1H3. The van der Waals surface area contributed by atoms with Crippen molar-refractivity contribution < 1.29 is 0 Å². The molecule has 346 valence electrons. The Balaban J connectivity index is 1.13. The molecule has 0 fully saturated rings. The largest absolute Gasteiger partial charge is 0.310 e. The van der Waals surface area contributed by atoms with E-state index in [1.807, 2.05) is 36.4 Å². The molecule has 0 aliphatic heterocycles. The number of allylic oxidation sites excluding steroid dienone is 4. The molecule has 2 atom stereocenters. The number of hydrogen-bond acceptors (Lipinski definition) is 5. The highest BCUT2D eigenvalue weighted by atomic mass is 15.2. The van der Waals surface area contributed by atoms with Gasteiger partial charge in [0.25, 0.3) is 0 Å². The Bertz CT molecular complexity index is 3810. The number of anilines is 6. The van der Waals surface area contributed by atoms with E-state index in [0.717, 1.165) is 68.3 Å². The van der Waals surface area contributed by atoms with Crippen LogP contribution in [0, 0.1) is 5.92 Å². The Morgan fingerprint density at radius 3 is 1.47 bits per heavy atom. The van der Waals surface area contributed by atoms with Gasteiger partial charge in [-0.05, 0) is 125 Å². The molecule has 0 radical (unpaired) electrons. The van der Waals surface area contributed by atoms with Crippen LogP contribution in [0.25, 0.3) is 56.3 Å². The van der Waals surface area contributed by atoms with Crippen molar-refractivity contribution in [3.63, 3.8) is 0 Å². The zero-order chi connectivity index (χ0) is 48.5. The van der Waals surface area contributed by atoms with Gasteiger partial charge in [-0.1, -0.05) is 183 Å². The van der Waals surface area contributed by atoms with Crippen LogP contribution < -0.4 is 9.80 Å². The predicted molar refractivity (Wildman–Crippen MR) is 298 cm³/mol. The minimum Gasteiger partial charge on any atom is -0.310 e. The van der Waals surface area contributed by atoms with E-state index in [4.69, 9.17) is 15.0 Å². The normalized spacial score (nSPS) is 16.0. The van der Waals surface area contributed by atoms with E-state index in [-0.39, 0.29) is 5.92 Å². The SMILES string of the molecule is CC1CC=CC2=C1C1(c3ccccc3-c3ccc(N(c4ccccc4)c4ccccc4)cc31)c1c2n(-c2nc(-c3ccccc3)nc(-c3ccccc3)n2)c2ccc(N(c3ccccc3)c3ccccc3)cc12. The molecule has 73 heavy (non-hydrogen) atoms. The first-order chi connectivity index (χ1) is 36.1. The number of fused-ring (bicyclic) bond motifs is 11. The summed E-state index contributed by atoms with van der Waals surface area (Å²) in [6.07, 6.45) is 5.68. The number of nitrogens with zero attached hydrogens (tertiary/aromatic N) is 6. The van der Waals surface area contributed by atoms with Crippen LogP contribution in [0.2, 0.25) is 0 Å². The van der Waals surface area contributed by atoms with Crippen molar-refractivity contribution in [2.75, 3.05) is 9.80 Å². The van der Waals surface area contributed by atoms with Crippen LogP contribution in [-0.4, -0.2) is 19.5 Å². The first-order valence-electron chi connectivity index (χ1n) is 25.2. The maximum absolute atomic E-state index is 5.49. The third-order valence-electron chi connectivity index (χ3n) is 15.0. The zero-order valence-corrected chi connectivity index (χ0v) is 40.2. The fourth-order valence-electron chi connectivity index (χ4n) is 12.1. The third kappa shape index (κ3) is 6.68. The molecular formula is C67H48N6. The summed E-state index contributed by atoms with van der Waals surface area (Å²) in [5, 5.41) is 1.14. The number of rotatable bonds is 9. The molecule has 6 heteroatoms. The van der Waals surface area contributed by atoms with Crippen LogP contribution in [0.1, 0.15) is 35.7 Å². The topological polar surface area (TPSA) is 50.1 Å². The van der Waals surface area contributed by atoms with Crippen LogP contribution in [0.5, 0.6) is 0 Å². The monoisotopic (exact) mass is 936 g/mol. The molecule has 1 spiro atoms. The van der Waals surface area contributed by atoms with E-state index >= 15 is 0 Å². The Morgan fingerprint density at radius 1 is 0.452 bits per heavy atom. The summed E-state index contributed by atoms with van der Waals surface area (Å²) in [7, 11) is 0. The lowest BCUT2D eigenvalue weighted by Crippen LogP contribution is -2.31. The fourth-order valence-corrected chi connectivity index (χ4v) is 12.1. The molecule has 6 nitrogen and oxygen atoms in total. The average Bonchev–Trinajstić information content (AvgIpc) is 4.07. The fraction of sp³-hybridized carbons (Fsp3) is 0.0597. The molecule has 0 bridgehead atoms. The Morgan fingerprint density at radius 2 is 0.918 bits per heavy atom. The van der Waals surface area contributed by atoms with Gasteiger partial charge in [0.05, 0.1) is 16.6 Å². The highest BCUT2D eigenvalue weighted by Gasteiger charge is 2.57. The molecule has 3 aliphatic carbocycles. The van der Waals surface area contributed by atoms with E-state index in [9.17, 15) is 0 Å². The summed E-state index contributed by atoms with van der Waals surface area (Å²) in [5.74, 6) is 2.01. The molecular weight excluding hydrogens is 889 g/mol. The number of aromatic nitrogens is 4. The van der Waals surface area contributed by atoms with Gasteiger partial charge >= 0.3 is 0 Å². The molecule has 0 amide bonds. The van der Waals surface area contributed by atoms with Gasteiger partial charge < -0.3 is 9.80 Å². The molecule has 0 saturated heterocycles. The van der Waals surface area contributed by atoms with E-state index < -0.39 is 5.41 Å². The van der Waals surface area contributed by atoms with Gasteiger partial charge in [-0.3, -0.25) is 4.57 Å². The molecule has 9 aromatic carbocycles. The minimum atomic E-state index is -0.695. The average molecular weight is 937 g/mol. The molecule has 11 aromatic rings. The number of para-hydroxylation sites is 4. The summed E-state index contributed by atoms with van der Waals surface area (Å²) < 4.78 is 2.36. The van der Waals surface area contributed by atoms with Crippen molar-refractivity contribution in [2.24, 2.45) is 5.92 Å². The second kappa shape index (κ2) is 17.2. The number of hydrogen-bond donors (Lipinski definition) is 0. The van der Waals surface area contributed by atoms with Crippen molar-refractivity contribution in [3.8, 4) is 39.9 Å². The number of benzene rings is 9. The second-order valence-corrected chi connectivity index (χ2v) is 19.2. The molecule has 14 rings (SSSR count). The maximum Gasteiger partial charge on any atom is 0.238 e. The first-order valence-corrected chi connectivity index (χ1v) is 25.2. The Kier molecular flexibility index (Phi) is 10.00. The lowest BCUT2D eigenvalue weighted by molar-refractivity contribution is 0.593. The van der Waals surface area contributed by atoms with Gasteiger partial charge in [0.1, 0.15) is 0 Å². The first kappa shape index (κ1) is 42.5. The van der Waals surface area contributed by atoms with E-state index in [2.05, 4.69) is 240 Å². The van der Waals surface area contributed by atoms with E-state index in [1.54, 1.807) is 0 Å². The Hall–Kier alpha value is -9.39. The summed E-state index contributed by atoms with van der Waals surface area (Å²) in [4.78, 5) is 20.9. The summed E-state index contributed by atoms with van der Waals surface area (Å²) in [6, 6.07) is 86.8. The van der Waals surface area contributed by atoms with Crippen LogP contribution in [0.15, 0.2) is 260 Å². The van der Waals surface area contributed by atoms with Crippen LogP contribution in [0.3, 0.4) is 0 Å². The van der Waals surface area contributed by atoms with Crippen molar-refractivity contribution in [2.45, 2.75) is 18.8 Å². The van der Waals surface area contributed by atoms with Crippen molar-refractivity contribution in [1.29, 1.82) is 0 Å². The highest BCUT2D eigenvalue weighted by Crippen LogP contribution is 2.67. The molecule has 3 aliphatic rings. The highest BCUT2D eigenvalue weighted by molar-refractivity contribution is 6.07. The lowest BCUT2D eigenvalue weighted by atomic mass is 9.65. The zero-order valence-electron chi connectivity index (χ0n) is 40.2. The van der Waals surface area contributed by atoms with Crippen LogP contribution in [-0.2, 0) is 5.41 Å². The van der Waals surface area contributed by atoms with Crippen molar-refractivity contribution in [3.05, 3.63) is 283 Å². The van der Waals surface area contributed by atoms with Crippen molar-refractivity contribution >= 4 is 50.6 Å². The van der Waals surface area contributed by atoms with Gasteiger partial charge in [-0.15, -0.1) is 0 Å². The van der Waals surface area contributed by atoms with Crippen LogP contribution in [0.4, 0.5) is 34.1 Å². The molecule has 2 unspecified atom stereocenters. The summed E-state index contributed by atoms with van der Waals surface area (Å²) in [6.45, 7) is 2.42. The quantitative estimate of drug-likeness (QED) is 0.144. The maximum atomic E-state index is 5.49. The minimum absolute atomic E-state index is 0.198. The van der Waals surface area contributed by atoms with Gasteiger partial charge in [0, 0.05) is 56.2 Å². The molecule has 2 heterocycles. The van der Waals surface area contributed by atoms with Crippen molar-refractivity contribution in [1.82, 2.24) is 19.5 Å². The van der Waals surface area contributed by atoms with Gasteiger partial charge in [0.2, 0.25) is 5.95 Å². The predicted octanol–water partition coefficient (Wildman–Crippen LogP) is 16.8. The summed E-state index contributed by atoms with van der Waals surface area (Å²) in [5.41, 5.74) is 18.7. The Labute approximate surface area is 425 Å². The lowest BCUT2D eigenvalue weighted by Gasteiger charge is -2.37. The van der Waals surface area contributed by atoms with Gasteiger partial charge in [-0.2, -0.15) is 9.97 Å². The van der Waals surface area contributed by atoms with E-state index in [1.165, 1.54) is 39.0 Å².